The Morgan fingerprint density at radius 3 is 2.56 bits per heavy atom. The summed E-state index contributed by atoms with van der Waals surface area (Å²) in [4.78, 5) is 22.8. The van der Waals surface area contributed by atoms with Gasteiger partial charge in [0.1, 0.15) is 18.0 Å². The van der Waals surface area contributed by atoms with Crippen molar-refractivity contribution < 1.29 is 18.3 Å². The summed E-state index contributed by atoms with van der Waals surface area (Å²) in [6.07, 6.45) is 7.45. The van der Waals surface area contributed by atoms with Gasteiger partial charge in [-0.25, -0.2) is 23.7 Å². The van der Waals surface area contributed by atoms with Gasteiger partial charge in [0, 0.05) is 55.2 Å². The van der Waals surface area contributed by atoms with Gasteiger partial charge in [-0.05, 0) is 57.7 Å². The maximum absolute atomic E-state index is 13.9. The molecule has 3 aliphatic rings. The maximum atomic E-state index is 13.9. The van der Waals surface area contributed by atoms with Crippen LogP contribution in [0, 0.1) is 0 Å². The minimum atomic E-state index is -2.65. The first-order chi connectivity index (χ1) is 19.0. The lowest BCUT2D eigenvalue weighted by Gasteiger charge is -2.32. The number of halogens is 2. The van der Waals surface area contributed by atoms with E-state index in [1.165, 1.54) is 12.8 Å². The summed E-state index contributed by atoms with van der Waals surface area (Å²) in [7, 11) is 1.62. The van der Waals surface area contributed by atoms with Crippen LogP contribution in [0.1, 0.15) is 49.8 Å². The molecule has 0 bridgehead atoms. The van der Waals surface area contributed by atoms with E-state index in [9.17, 15) is 8.78 Å². The van der Waals surface area contributed by atoms with Gasteiger partial charge in [0.25, 0.3) is 5.92 Å². The minimum Gasteiger partial charge on any atom is -0.493 e. The molecule has 0 radical (unpaired) electrons. The molecule has 11 heteroatoms. The van der Waals surface area contributed by atoms with E-state index in [0.717, 1.165) is 67.8 Å². The highest BCUT2D eigenvalue weighted by Gasteiger charge is 2.35. The number of fused-ring (bicyclic) bond motifs is 2. The highest BCUT2D eigenvalue weighted by molar-refractivity contribution is 5.94. The minimum absolute atomic E-state index is 0.191. The number of aromatic nitrogens is 4. The number of methoxy groups -OCH3 is 1. The van der Waals surface area contributed by atoms with Gasteiger partial charge in [0.2, 0.25) is 5.95 Å². The summed E-state index contributed by atoms with van der Waals surface area (Å²) in [5.41, 5.74) is 2.79. The molecule has 1 N–H and O–H groups in total. The molecular formula is C28H35F2N7O2. The summed E-state index contributed by atoms with van der Waals surface area (Å²) in [6.45, 7) is 4.28. The van der Waals surface area contributed by atoms with Crippen LogP contribution in [0.3, 0.4) is 0 Å². The van der Waals surface area contributed by atoms with E-state index in [4.69, 9.17) is 19.4 Å². The molecule has 1 aliphatic carbocycles. The Bertz CT molecular complexity index is 1320. The largest absolute Gasteiger partial charge is 0.493 e. The number of hydrogen-bond donors (Lipinski definition) is 1. The van der Waals surface area contributed by atoms with Crippen LogP contribution in [-0.4, -0.2) is 77.2 Å². The molecule has 1 aromatic carbocycles. The lowest BCUT2D eigenvalue weighted by atomic mass is 10.1. The number of aryl methyl sites for hydroxylation is 1. The van der Waals surface area contributed by atoms with Gasteiger partial charge in [-0.15, -0.1) is 0 Å². The molecule has 0 amide bonds. The molecule has 2 saturated heterocycles. The zero-order valence-corrected chi connectivity index (χ0v) is 22.4. The average Bonchev–Trinajstić information content (AvgIpc) is 3.63. The fraction of sp³-hybridized carbons (Fsp3) is 0.571. The first kappa shape index (κ1) is 25.9. The smallest absolute Gasteiger partial charge is 0.251 e. The number of rotatable bonds is 9. The molecular weight excluding hydrogens is 504 g/mol. The molecule has 9 nitrogen and oxygen atoms in total. The van der Waals surface area contributed by atoms with E-state index in [-0.39, 0.29) is 25.9 Å². The molecule has 39 heavy (non-hydrogen) atoms. The van der Waals surface area contributed by atoms with E-state index in [1.54, 1.807) is 13.4 Å². The predicted molar refractivity (Wildman–Crippen MR) is 146 cm³/mol. The van der Waals surface area contributed by atoms with Crippen LogP contribution >= 0.6 is 0 Å². The normalized spacial score (nSPS) is 18.9. The van der Waals surface area contributed by atoms with Crippen LogP contribution in [0.4, 0.5) is 26.4 Å². The maximum Gasteiger partial charge on any atom is 0.251 e. The number of likely N-dealkylation sites (tertiary alicyclic amines) is 1. The van der Waals surface area contributed by atoms with Gasteiger partial charge in [-0.1, -0.05) is 0 Å². The number of nitrogens with zero attached hydrogens (tertiary/aromatic N) is 6. The van der Waals surface area contributed by atoms with Crippen molar-refractivity contribution >= 4 is 28.5 Å². The highest BCUT2D eigenvalue weighted by Crippen LogP contribution is 2.38. The van der Waals surface area contributed by atoms with Crippen LogP contribution in [-0.2, 0) is 12.8 Å². The van der Waals surface area contributed by atoms with Crippen LogP contribution in [0.15, 0.2) is 18.5 Å². The monoisotopic (exact) mass is 539 g/mol. The molecule has 2 fully saturated rings. The second kappa shape index (κ2) is 11.0. The molecule has 6 rings (SSSR count). The Labute approximate surface area is 226 Å². The Morgan fingerprint density at radius 2 is 1.77 bits per heavy atom. The zero-order chi connectivity index (χ0) is 26.8. The summed E-state index contributed by atoms with van der Waals surface area (Å²) < 4.78 is 39.6. The van der Waals surface area contributed by atoms with Crippen molar-refractivity contribution in [2.24, 2.45) is 0 Å². The fourth-order valence-corrected chi connectivity index (χ4v) is 5.72. The standard InChI is InChI=1S/C28H35F2N7O2/c1-38-23-16-20-22(17-24(23)39-15-5-12-36-10-2-3-11-36)33-27(37-13-8-28(29,30)9-14-37)35-26(20)34-25-19-6-4-7-21(19)31-18-32-25/h16-18H,2-15H2,1H3,(H,31,32,33,34,35). The summed E-state index contributed by atoms with van der Waals surface area (Å²) in [5, 5.41) is 4.16. The molecule has 0 spiro atoms. The summed E-state index contributed by atoms with van der Waals surface area (Å²) >= 11 is 0. The average molecular weight is 540 g/mol. The van der Waals surface area contributed by atoms with Gasteiger partial charge in [0.15, 0.2) is 11.5 Å². The molecule has 0 saturated carbocycles. The fourth-order valence-electron chi connectivity index (χ4n) is 5.72. The van der Waals surface area contributed by atoms with Crippen molar-refractivity contribution in [3.05, 3.63) is 29.7 Å². The Morgan fingerprint density at radius 1 is 0.949 bits per heavy atom. The Hall–Kier alpha value is -3.34. The quantitative estimate of drug-likeness (QED) is 0.387. The summed E-state index contributed by atoms with van der Waals surface area (Å²) in [5.74, 6) is 0.230. The van der Waals surface area contributed by atoms with E-state index in [2.05, 4.69) is 20.2 Å². The topological polar surface area (TPSA) is 88.5 Å². The van der Waals surface area contributed by atoms with Crippen molar-refractivity contribution in [1.82, 2.24) is 24.8 Å². The zero-order valence-electron chi connectivity index (χ0n) is 22.4. The lowest BCUT2D eigenvalue weighted by molar-refractivity contribution is -0.0222. The Balaban J connectivity index is 1.32. The van der Waals surface area contributed by atoms with Crippen molar-refractivity contribution in [3.8, 4) is 11.5 Å². The number of hydrogen-bond acceptors (Lipinski definition) is 9. The molecule has 2 aliphatic heterocycles. The van der Waals surface area contributed by atoms with Gasteiger partial charge >= 0.3 is 0 Å². The van der Waals surface area contributed by atoms with Gasteiger partial charge in [-0.3, -0.25) is 0 Å². The van der Waals surface area contributed by atoms with Crippen LogP contribution < -0.4 is 19.7 Å². The van der Waals surface area contributed by atoms with Crippen molar-refractivity contribution in [3.63, 3.8) is 0 Å². The third-order valence-electron chi connectivity index (χ3n) is 7.93. The first-order valence-electron chi connectivity index (χ1n) is 14.0. The van der Waals surface area contributed by atoms with E-state index in [0.29, 0.717) is 35.4 Å². The highest BCUT2D eigenvalue weighted by atomic mass is 19.3. The van der Waals surface area contributed by atoms with E-state index < -0.39 is 5.92 Å². The predicted octanol–water partition coefficient (Wildman–Crippen LogP) is 4.76. The molecule has 0 atom stereocenters. The first-order valence-corrected chi connectivity index (χ1v) is 14.0. The molecule has 208 valence electrons. The van der Waals surface area contributed by atoms with Crippen molar-refractivity contribution in [1.29, 1.82) is 0 Å². The second-order valence-corrected chi connectivity index (χ2v) is 10.6. The van der Waals surface area contributed by atoms with Crippen LogP contribution in [0.5, 0.6) is 11.5 Å². The van der Waals surface area contributed by atoms with Crippen LogP contribution in [0.25, 0.3) is 10.9 Å². The molecule has 2 aromatic heterocycles. The Kier molecular flexibility index (Phi) is 7.33. The third-order valence-corrected chi connectivity index (χ3v) is 7.93. The van der Waals surface area contributed by atoms with Crippen LogP contribution in [0.2, 0.25) is 0 Å². The lowest BCUT2D eigenvalue weighted by Crippen LogP contribution is -2.40. The number of benzene rings is 1. The van der Waals surface area contributed by atoms with Gasteiger partial charge in [0.05, 0.1) is 19.2 Å². The molecule has 0 unspecified atom stereocenters. The number of nitrogens with one attached hydrogen (secondary N) is 1. The van der Waals surface area contributed by atoms with Gasteiger partial charge < -0.3 is 24.6 Å². The number of piperidine rings is 1. The van der Waals surface area contributed by atoms with E-state index >= 15 is 0 Å². The summed E-state index contributed by atoms with van der Waals surface area (Å²) in [6, 6.07) is 3.74. The van der Waals surface area contributed by atoms with Crippen molar-refractivity contribution in [2.75, 3.05) is 56.7 Å². The van der Waals surface area contributed by atoms with E-state index in [1.807, 2.05) is 17.0 Å². The van der Waals surface area contributed by atoms with Crippen molar-refractivity contribution in [2.45, 2.75) is 57.3 Å². The van der Waals surface area contributed by atoms with Gasteiger partial charge in [-0.2, -0.15) is 4.98 Å². The molecule has 4 heterocycles. The second-order valence-electron chi connectivity index (χ2n) is 10.6. The number of alkyl halides is 2. The molecule has 3 aromatic rings. The SMILES string of the molecule is COc1cc2c(Nc3ncnc4c3CCC4)nc(N3CCC(F)(F)CC3)nc2cc1OCCCN1CCCC1. The number of anilines is 3. The third kappa shape index (κ3) is 5.68. The number of ether oxygens (including phenoxy) is 2.